The number of carbonyl (C=O) groups excluding carboxylic acids is 2. The van der Waals surface area contributed by atoms with Gasteiger partial charge in [0, 0.05) is 0 Å². The van der Waals surface area contributed by atoms with Gasteiger partial charge >= 0.3 is 0 Å². The summed E-state index contributed by atoms with van der Waals surface area (Å²) in [5.74, 6) is -0.403. The first-order valence-corrected chi connectivity index (χ1v) is 6.05. The monoisotopic (exact) mass is 218 g/mol. The van der Waals surface area contributed by atoms with Crippen molar-refractivity contribution in [3.63, 3.8) is 0 Å². The Morgan fingerprint density at radius 3 is 2.79 bits per heavy atom. The minimum absolute atomic E-state index is 0.0415. The van der Waals surface area contributed by atoms with Gasteiger partial charge in [0.25, 0.3) is 0 Å². The van der Waals surface area contributed by atoms with Crippen molar-refractivity contribution in [2.45, 2.75) is 12.1 Å². The maximum Gasteiger partial charge on any atom is 0.239 e. The minimum atomic E-state index is -3.11. The fourth-order valence-corrected chi connectivity index (χ4v) is 3.88. The van der Waals surface area contributed by atoms with E-state index < -0.39 is 15.9 Å². The second-order valence-corrected chi connectivity index (χ2v) is 5.75. The Morgan fingerprint density at radius 1 is 1.43 bits per heavy atom. The maximum atomic E-state index is 11.3. The molecule has 0 aliphatic carbocycles. The molecule has 2 aliphatic rings. The van der Waals surface area contributed by atoms with Gasteiger partial charge < -0.3 is 10.2 Å². The van der Waals surface area contributed by atoms with E-state index in [-0.39, 0.29) is 30.0 Å². The largest absolute Gasteiger partial charge is 0.349 e. The van der Waals surface area contributed by atoms with Crippen LogP contribution < -0.4 is 5.32 Å². The van der Waals surface area contributed by atoms with E-state index in [1.54, 1.807) is 0 Å². The van der Waals surface area contributed by atoms with E-state index in [0.717, 1.165) is 0 Å². The molecule has 2 atom stereocenters. The zero-order valence-corrected chi connectivity index (χ0v) is 8.16. The van der Waals surface area contributed by atoms with Crippen LogP contribution in [0.3, 0.4) is 0 Å². The molecule has 2 amide bonds. The maximum absolute atomic E-state index is 11.3. The third-order valence-corrected chi connectivity index (χ3v) is 4.27. The third-order valence-electron chi connectivity index (χ3n) is 2.56. The average Bonchev–Trinajstić information content (AvgIpc) is 2.37. The van der Waals surface area contributed by atoms with E-state index in [4.69, 9.17) is 0 Å². The normalized spacial score (nSPS) is 34.9. The summed E-state index contributed by atoms with van der Waals surface area (Å²) in [6.07, 6.45) is 0.539. The van der Waals surface area contributed by atoms with Crippen molar-refractivity contribution >= 4 is 22.2 Å². The van der Waals surface area contributed by atoms with Gasteiger partial charge in [-0.25, -0.2) is 8.42 Å². The zero-order chi connectivity index (χ0) is 10.3. The van der Waals surface area contributed by atoms with E-state index in [2.05, 4.69) is 5.32 Å². The van der Waals surface area contributed by atoms with Crippen LogP contribution in [0.5, 0.6) is 0 Å². The molecule has 2 aliphatic heterocycles. The first kappa shape index (κ1) is 9.45. The molecule has 78 valence electrons. The van der Waals surface area contributed by atoms with E-state index in [1.165, 1.54) is 4.90 Å². The molecule has 2 saturated heterocycles. The van der Waals surface area contributed by atoms with Crippen molar-refractivity contribution in [2.24, 2.45) is 0 Å². The van der Waals surface area contributed by atoms with Gasteiger partial charge in [-0.1, -0.05) is 0 Å². The number of amides is 2. The molecular weight excluding hydrogens is 208 g/mol. The van der Waals surface area contributed by atoms with Crippen LogP contribution in [0.25, 0.3) is 0 Å². The van der Waals surface area contributed by atoms with Gasteiger partial charge in [-0.3, -0.25) is 9.59 Å². The standard InChI is InChI=1S/C7H10N2O4S/c10-4-9-1-7(11)8-5-2-14(12,13)3-6(5)9/h4-6H,1-3H2,(H,8,11)/t5-,6-/m0/s1. The summed E-state index contributed by atoms with van der Waals surface area (Å²) in [5.41, 5.74) is 0. The molecule has 14 heavy (non-hydrogen) atoms. The van der Waals surface area contributed by atoms with Crippen LogP contribution in [0.2, 0.25) is 0 Å². The molecule has 0 bridgehead atoms. The van der Waals surface area contributed by atoms with Crippen LogP contribution in [0, 0.1) is 0 Å². The second kappa shape index (κ2) is 2.94. The molecule has 2 rings (SSSR count). The topological polar surface area (TPSA) is 83.6 Å². The fourth-order valence-electron chi connectivity index (χ4n) is 1.94. The smallest absolute Gasteiger partial charge is 0.239 e. The Morgan fingerprint density at radius 2 is 2.14 bits per heavy atom. The summed E-state index contributed by atoms with van der Waals surface area (Å²) in [6.45, 7) is -0.0415. The molecule has 6 nitrogen and oxygen atoms in total. The van der Waals surface area contributed by atoms with Crippen molar-refractivity contribution in [1.82, 2.24) is 10.2 Å². The van der Waals surface area contributed by atoms with Crippen LogP contribution in [0.4, 0.5) is 0 Å². The summed E-state index contributed by atoms with van der Waals surface area (Å²) in [4.78, 5) is 22.9. The first-order valence-electron chi connectivity index (χ1n) is 4.23. The number of hydrogen-bond acceptors (Lipinski definition) is 4. The van der Waals surface area contributed by atoms with Gasteiger partial charge in [-0.05, 0) is 0 Å². The van der Waals surface area contributed by atoms with Crippen molar-refractivity contribution in [1.29, 1.82) is 0 Å². The molecule has 0 aromatic heterocycles. The van der Waals surface area contributed by atoms with Crippen molar-refractivity contribution in [3.8, 4) is 0 Å². The Balaban J connectivity index is 2.27. The van der Waals surface area contributed by atoms with Gasteiger partial charge in [0.15, 0.2) is 9.84 Å². The molecule has 2 fully saturated rings. The van der Waals surface area contributed by atoms with Crippen LogP contribution >= 0.6 is 0 Å². The number of hydrogen-bond donors (Lipinski definition) is 1. The van der Waals surface area contributed by atoms with E-state index in [0.29, 0.717) is 6.41 Å². The Hall–Kier alpha value is -1.11. The minimum Gasteiger partial charge on any atom is -0.349 e. The Bertz CT molecular complexity index is 377. The number of nitrogens with one attached hydrogen (secondary N) is 1. The molecule has 0 radical (unpaired) electrons. The average molecular weight is 218 g/mol. The molecule has 0 saturated carbocycles. The first-order chi connectivity index (χ1) is 6.52. The lowest BCUT2D eigenvalue weighted by Gasteiger charge is -2.33. The van der Waals surface area contributed by atoms with Gasteiger partial charge in [-0.2, -0.15) is 0 Å². The molecule has 7 heteroatoms. The SMILES string of the molecule is O=CN1CC(=O)N[C@H]2CS(=O)(=O)C[C@@H]21. The van der Waals surface area contributed by atoms with Gasteiger partial charge in [0.1, 0.15) is 0 Å². The van der Waals surface area contributed by atoms with E-state index >= 15 is 0 Å². The highest BCUT2D eigenvalue weighted by Gasteiger charge is 2.44. The summed E-state index contributed by atoms with van der Waals surface area (Å²) in [5, 5.41) is 2.58. The predicted molar refractivity (Wildman–Crippen MR) is 47.1 cm³/mol. The molecule has 0 aromatic carbocycles. The van der Waals surface area contributed by atoms with E-state index in [1.807, 2.05) is 0 Å². The second-order valence-electron chi connectivity index (χ2n) is 3.60. The summed E-state index contributed by atoms with van der Waals surface area (Å²) in [6, 6.07) is -0.804. The molecule has 0 unspecified atom stereocenters. The number of sulfone groups is 1. The third kappa shape index (κ3) is 1.47. The lowest BCUT2D eigenvalue weighted by Crippen LogP contribution is -2.59. The molecule has 1 N–H and O–H groups in total. The van der Waals surface area contributed by atoms with E-state index in [9.17, 15) is 18.0 Å². The highest BCUT2D eigenvalue weighted by Crippen LogP contribution is 2.20. The molecule has 0 aromatic rings. The van der Waals surface area contributed by atoms with Gasteiger partial charge in [0.05, 0.1) is 30.1 Å². The number of rotatable bonds is 1. The number of nitrogens with zero attached hydrogens (tertiary/aromatic N) is 1. The van der Waals surface area contributed by atoms with Crippen LogP contribution in [-0.4, -0.2) is 55.8 Å². The summed E-state index contributed by atoms with van der Waals surface area (Å²) >= 11 is 0. The zero-order valence-electron chi connectivity index (χ0n) is 7.34. The molecule has 2 heterocycles. The van der Waals surface area contributed by atoms with Gasteiger partial charge in [0.2, 0.25) is 12.3 Å². The fraction of sp³-hybridized carbons (Fsp3) is 0.714. The van der Waals surface area contributed by atoms with Crippen LogP contribution in [0.15, 0.2) is 0 Å². The lowest BCUT2D eigenvalue weighted by atomic mass is 10.1. The summed E-state index contributed by atoms with van der Waals surface area (Å²) < 4.78 is 22.5. The lowest BCUT2D eigenvalue weighted by molar-refractivity contribution is -0.133. The van der Waals surface area contributed by atoms with Crippen molar-refractivity contribution in [3.05, 3.63) is 0 Å². The van der Waals surface area contributed by atoms with Crippen LogP contribution in [-0.2, 0) is 19.4 Å². The summed E-state index contributed by atoms with van der Waals surface area (Å²) in [7, 11) is -3.11. The number of fused-ring (bicyclic) bond motifs is 1. The quantitative estimate of drug-likeness (QED) is 0.503. The Kier molecular flexibility index (Phi) is 1.99. The van der Waals surface area contributed by atoms with Crippen molar-refractivity contribution < 1.29 is 18.0 Å². The molecular formula is C7H10N2O4S. The van der Waals surface area contributed by atoms with Gasteiger partial charge in [-0.15, -0.1) is 0 Å². The highest BCUT2D eigenvalue weighted by molar-refractivity contribution is 7.91. The number of piperazine rings is 1. The van der Waals surface area contributed by atoms with Crippen molar-refractivity contribution in [2.75, 3.05) is 18.1 Å². The molecule has 0 spiro atoms. The number of carbonyl (C=O) groups is 2. The predicted octanol–water partition coefficient (Wildman–Crippen LogP) is -2.26. The Labute approximate surface area is 81.2 Å². The highest BCUT2D eigenvalue weighted by atomic mass is 32.2. The van der Waals surface area contributed by atoms with Crippen LogP contribution in [0.1, 0.15) is 0 Å².